The highest BCUT2D eigenvalue weighted by molar-refractivity contribution is 6.07. The third-order valence-corrected chi connectivity index (χ3v) is 6.05. The smallest absolute Gasteiger partial charge is 0.272 e. The molecular weight excluding hydrogens is 445 g/mol. The van der Waals surface area contributed by atoms with Crippen LogP contribution in [0.2, 0.25) is 0 Å². The number of hydrogen-bond acceptors (Lipinski definition) is 6. The maximum atomic E-state index is 13.3. The molecule has 1 aliphatic rings. The van der Waals surface area contributed by atoms with E-state index in [0.717, 1.165) is 54.2 Å². The summed E-state index contributed by atoms with van der Waals surface area (Å²) in [5.74, 6) is 1.01. The molecule has 178 valence electrons. The highest BCUT2D eigenvalue weighted by Crippen LogP contribution is 2.27. The highest BCUT2D eigenvalue weighted by Gasteiger charge is 2.23. The van der Waals surface area contributed by atoms with Gasteiger partial charge in [0.1, 0.15) is 18.2 Å². The van der Waals surface area contributed by atoms with Crippen LogP contribution in [0.25, 0.3) is 10.8 Å². The Bertz CT molecular complexity index is 1290. The van der Waals surface area contributed by atoms with Crippen LogP contribution in [0.5, 0.6) is 5.75 Å². The molecule has 0 radical (unpaired) electrons. The van der Waals surface area contributed by atoms with Gasteiger partial charge >= 0.3 is 0 Å². The molecule has 0 unspecified atom stereocenters. The van der Waals surface area contributed by atoms with Crippen molar-refractivity contribution in [3.05, 3.63) is 90.4 Å². The lowest BCUT2D eigenvalue weighted by Crippen LogP contribution is -2.47. The van der Waals surface area contributed by atoms with Gasteiger partial charge in [-0.2, -0.15) is 0 Å². The fraction of sp³-hybridized carbons (Fsp3) is 0.222. The second-order valence-corrected chi connectivity index (χ2v) is 8.29. The molecule has 1 saturated heterocycles. The largest absolute Gasteiger partial charge is 0.492 e. The number of aromatic nitrogens is 2. The monoisotopic (exact) mass is 471 g/mol. The van der Waals surface area contributed by atoms with Crippen LogP contribution in [0, 0.1) is 5.82 Å². The summed E-state index contributed by atoms with van der Waals surface area (Å²) in [5, 5.41) is 13.3. The molecule has 7 nitrogen and oxygen atoms in total. The number of piperazine rings is 1. The fourth-order valence-corrected chi connectivity index (χ4v) is 4.25. The van der Waals surface area contributed by atoms with Gasteiger partial charge in [-0.25, -0.2) is 4.39 Å². The second kappa shape index (κ2) is 10.4. The Morgan fingerprint density at radius 2 is 1.49 bits per heavy atom. The van der Waals surface area contributed by atoms with Crippen molar-refractivity contribution in [2.24, 2.45) is 0 Å². The fourth-order valence-electron chi connectivity index (χ4n) is 4.25. The van der Waals surface area contributed by atoms with Crippen molar-refractivity contribution in [2.75, 3.05) is 49.1 Å². The predicted octanol–water partition coefficient (Wildman–Crippen LogP) is 3.90. The topological polar surface area (TPSA) is 70.6 Å². The van der Waals surface area contributed by atoms with E-state index < -0.39 is 0 Å². The molecule has 1 fully saturated rings. The van der Waals surface area contributed by atoms with Gasteiger partial charge in [0.05, 0.1) is 6.54 Å². The summed E-state index contributed by atoms with van der Waals surface area (Å²) in [6, 6.07) is 23.8. The number of rotatable bonds is 7. The highest BCUT2D eigenvalue weighted by atomic mass is 19.1. The maximum Gasteiger partial charge on any atom is 0.272 e. The number of carbonyl (C=O) groups is 1. The molecule has 0 saturated carbocycles. The minimum absolute atomic E-state index is 0.234. The van der Waals surface area contributed by atoms with E-state index in [1.54, 1.807) is 12.1 Å². The maximum absolute atomic E-state index is 13.3. The summed E-state index contributed by atoms with van der Waals surface area (Å²) >= 11 is 0. The molecule has 2 heterocycles. The minimum Gasteiger partial charge on any atom is -0.492 e. The Morgan fingerprint density at radius 3 is 2.23 bits per heavy atom. The number of anilines is 2. The molecule has 1 N–H and O–H groups in total. The summed E-state index contributed by atoms with van der Waals surface area (Å²) in [6.45, 7) is 3.78. The number of benzene rings is 3. The Kier molecular flexibility index (Phi) is 6.70. The van der Waals surface area contributed by atoms with Gasteiger partial charge in [-0.3, -0.25) is 4.79 Å². The molecule has 1 aromatic heterocycles. The molecule has 0 aliphatic carbocycles. The van der Waals surface area contributed by atoms with Crippen molar-refractivity contribution in [3.8, 4) is 5.75 Å². The average molecular weight is 472 g/mol. The summed E-state index contributed by atoms with van der Waals surface area (Å²) in [7, 11) is 0. The van der Waals surface area contributed by atoms with Gasteiger partial charge in [0.25, 0.3) is 5.91 Å². The molecule has 3 aromatic carbocycles. The number of ether oxygens (including phenoxy) is 1. The summed E-state index contributed by atoms with van der Waals surface area (Å²) in [4.78, 5) is 17.3. The van der Waals surface area contributed by atoms with E-state index in [2.05, 4.69) is 25.3 Å². The normalized spacial score (nSPS) is 13.6. The SMILES string of the molecule is O=C(NCCOc1ccccc1)c1nnc(N2CCN(c3ccc(F)cc3)CC2)c2ccccc12. The van der Waals surface area contributed by atoms with E-state index in [9.17, 15) is 9.18 Å². The number of nitrogens with one attached hydrogen (secondary N) is 1. The second-order valence-electron chi connectivity index (χ2n) is 8.29. The van der Waals surface area contributed by atoms with Crippen LogP contribution in [0.4, 0.5) is 15.9 Å². The Morgan fingerprint density at radius 1 is 0.829 bits per heavy atom. The third-order valence-electron chi connectivity index (χ3n) is 6.05. The lowest BCUT2D eigenvalue weighted by molar-refractivity contribution is 0.0943. The molecule has 0 spiro atoms. The van der Waals surface area contributed by atoms with E-state index in [-0.39, 0.29) is 11.7 Å². The van der Waals surface area contributed by atoms with Gasteiger partial charge in [-0.1, -0.05) is 42.5 Å². The Labute approximate surface area is 203 Å². The van der Waals surface area contributed by atoms with Crippen molar-refractivity contribution in [2.45, 2.75) is 0 Å². The molecule has 4 aromatic rings. The lowest BCUT2D eigenvalue weighted by atomic mass is 10.1. The molecule has 1 amide bonds. The first-order valence-corrected chi connectivity index (χ1v) is 11.7. The van der Waals surface area contributed by atoms with E-state index >= 15 is 0 Å². The van der Waals surface area contributed by atoms with E-state index in [1.807, 2.05) is 54.6 Å². The average Bonchev–Trinajstić information content (AvgIpc) is 2.91. The summed E-state index contributed by atoms with van der Waals surface area (Å²) < 4.78 is 18.9. The molecular formula is C27H26FN5O2. The molecule has 8 heteroatoms. The van der Waals surface area contributed by atoms with Crippen LogP contribution in [0.3, 0.4) is 0 Å². The molecule has 1 aliphatic heterocycles. The van der Waals surface area contributed by atoms with Crippen LogP contribution in [-0.4, -0.2) is 55.4 Å². The van der Waals surface area contributed by atoms with Crippen molar-refractivity contribution in [1.29, 1.82) is 0 Å². The van der Waals surface area contributed by atoms with Gasteiger partial charge in [0, 0.05) is 42.6 Å². The molecule has 0 bridgehead atoms. The van der Waals surface area contributed by atoms with Crippen LogP contribution in [-0.2, 0) is 0 Å². The van der Waals surface area contributed by atoms with Gasteiger partial charge in [0.2, 0.25) is 0 Å². The van der Waals surface area contributed by atoms with Crippen LogP contribution < -0.4 is 19.9 Å². The first-order valence-electron chi connectivity index (χ1n) is 11.7. The molecule has 5 rings (SSSR count). The van der Waals surface area contributed by atoms with E-state index in [4.69, 9.17) is 4.74 Å². The number of halogens is 1. The zero-order valence-corrected chi connectivity index (χ0v) is 19.2. The zero-order chi connectivity index (χ0) is 24.0. The Balaban J connectivity index is 1.25. The summed E-state index contributed by atoms with van der Waals surface area (Å²) in [5.41, 5.74) is 1.30. The number of carbonyl (C=O) groups excluding carboxylic acids is 1. The van der Waals surface area contributed by atoms with Gasteiger partial charge in [-0.05, 0) is 36.4 Å². The van der Waals surface area contributed by atoms with Gasteiger partial charge in [0.15, 0.2) is 11.5 Å². The lowest BCUT2D eigenvalue weighted by Gasteiger charge is -2.37. The molecule has 35 heavy (non-hydrogen) atoms. The van der Waals surface area contributed by atoms with Gasteiger partial charge < -0.3 is 19.9 Å². The van der Waals surface area contributed by atoms with Gasteiger partial charge in [-0.15, -0.1) is 10.2 Å². The number of fused-ring (bicyclic) bond motifs is 1. The third kappa shape index (κ3) is 5.16. The predicted molar refractivity (Wildman–Crippen MR) is 135 cm³/mol. The Hall–Kier alpha value is -4.20. The minimum atomic E-state index is -0.280. The number of hydrogen-bond donors (Lipinski definition) is 1. The van der Waals surface area contributed by atoms with Crippen molar-refractivity contribution < 1.29 is 13.9 Å². The van der Waals surface area contributed by atoms with E-state index in [1.165, 1.54) is 12.1 Å². The standard InChI is InChI=1S/C27H26FN5O2/c28-20-10-12-21(13-11-20)32-15-17-33(18-16-32)26-24-9-5-4-8-23(24)25(30-31-26)27(34)29-14-19-35-22-6-2-1-3-7-22/h1-13H,14-19H2,(H,29,34). The van der Waals surface area contributed by atoms with Crippen molar-refractivity contribution >= 4 is 28.2 Å². The number of nitrogens with zero attached hydrogens (tertiary/aromatic N) is 4. The van der Waals surface area contributed by atoms with Crippen LogP contribution in [0.1, 0.15) is 10.5 Å². The zero-order valence-electron chi connectivity index (χ0n) is 19.2. The van der Waals surface area contributed by atoms with Crippen LogP contribution in [0.15, 0.2) is 78.9 Å². The number of para-hydroxylation sites is 1. The molecule has 0 atom stereocenters. The van der Waals surface area contributed by atoms with Crippen molar-refractivity contribution in [3.63, 3.8) is 0 Å². The summed E-state index contributed by atoms with van der Waals surface area (Å²) in [6.07, 6.45) is 0. The van der Waals surface area contributed by atoms with Crippen molar-refractivity contribution in [1.82, 2.24) is 15.5 Å². The first kappa shape index (κ1) is 22.6. The quantitative estimate of drug-likeness (QED) is 0.412. The van der Waals surface area contributed by atoms with E-state index in [0.29, 0.717) is 18.8 Å². The number of amides is 1. The van der Waals surface area contributed by atoms with Crippen LogP contribution >= 0.6 is 0 Å². The first-order chi connectivity index (χ1) is 17.2.